The molecule has 0 bridgehead atoms. The van der Waals surface area contributed by atoms with Crippen LogP contribution in [-0.4, -0.2) is 47.2 Å². The number of aromatic amines is 1. The molecule has 1 aromatic heterocycles. The van der Waals surface area contributed by atoms with Gasteiger partial charge in [0.25, 0.3) is 0 Å². The largest absolute Gasteiger partial charge is 0.354 e. The first-order valence-electron chi connectivity index (χ1n) is 9.29. The minimum atomic E-state index is -0.611. The van der Waals surface area contributed by atoms with Crippen LogP contribution in [0.2, 0.25) is 0 Å². The Hall–Kier alpha value is -2.72. The van der Waals surface area contributed by atoms with Crippen LogP contribution in [0, 0.1) is 35.6 Å². The summed E-state index contributed by atoms with van der Waals surface area (Å²) >= 11 is 1.71. The third-order valence-corrected chi connectivity index (χ3v) is 4.84. The Morgan fingerprint density at radius 1 is 1.39 bits per heavy atom. The molecular weight excluding hydrogens is 376 g/mol. The standard InChI is InChI=1S/C18H28N8OS/c1-3-4-5-15(10-19)17(27)21-6-7-22-18(24-12-20)23-8-9-28-11-16-14(2)25-13-26-16/h13,15H,3-9,11H2,1-2H3,(H,21,27)(H,25,26)(H2,22,23,24). The molecule has 0 aliphatic carbocycles. The molecule has 0 aliphatic heterocycles. The third-order valence-electron chi connectivity index (χ3n) is 3.89. The molecule has 28 heavy (non-hydrogen) atoms. The van der Waals surface area contributed by atoms with Crippen LogP contribution in [0.15, 0.2) is 11.3 Å². The molecule has 0 aromatic carbocycles. The van der Waals surface area contributed by atoms with Gasteiger partial charge in [0, 0.05) is 30.3 Å². The maximum Gasteiger partial charge on any atom is 0.237 e. The number of nitrogens with zero attached hydrogens (tertiary/aromatic N) is 4. The summed E-state index contributed by atoms with van der Waals surface area (Å²) in [5.41, 5.74) is 2.10. The highest BCUT2D eigenvalue weighted by molar-refractivity contribution is 7.98. The zero-order valence-electron chi connectivity index (χ0n) is 16.4. The maximum absolute atomic E-state index is 11.9. The van der Waals surface area contributed by atoms with E-state index in [0.29, 0.717) is 32.0 Å². The first kappa shape index (κ1) is 23.3. The smallest absolute Gasteiger partial charge is 0.237 e. The van der Waals surface area contributed by atoms with Gasteiger partial charge in [-0.25, -0.2) is 4.98 Å². The van der Waals surface area contributed by atoms with Crippen molar-refractivity contribution in [3.05, 3.63) is 17.7 Å². The summed E-state index contributed by atoms with van der Waals surface area (Å²) in [7, 11) is 0. The second-order valence-corrected chi connectivity index (χ2v) is 7.14. The molecule has 0 aliphatic rings. The molecule has 0 radical (unpaired) electrons. The highest BCUT2D eigenvalue weighted by Crippen LogP contribution is 2.12. The van der Waals surface area contributed by atoms with Crippen molar-refractivity contribution < 1.29 is 4.79 Å². The van der Waals surface area contributed by atoms with E-state index < -0.39 is 5.92 Å². The van der Waals surface area contributed by atoms with Crippen molar-refractivity contribution in [2.45, 2.75) is 38.9 Å². The molecule has 0 saturated heterocycles. The van der Waals surface area contributed by atoms with E-state index in [9.17, 15) is 4.79 Å². The summed E-state index contributed by atoms with van der Waals surface area (Å²) in [4.78, 5) is 23.6. The fourth-order valence-electron chi connectivity index (χ4n) is 2.27. The van der Waals surface area contributed by atoms with Crippen LogP contribution < -0.4 is 16.0 Å². The number of thioether (sulfide) groups is 1. The Bertz CT molecular complexity index is 703. The third kappa shape index (κ3) is 9.28. The molecule has 0 fully saturated rings. The molecule has 0 saturated carbocycles. The number of aliphatic imine (C=N–C) groups is 1. The van der Waals surface area contributed by atoms with Gasteiger partial charge in [0.15, 0.2) is 6.19 Å². The van der Waals surface area contributed by atoms with Crippen LogP contribution in [0.25, 0.3) is 0 Å². The van der Waals surface area contributed by atoms with E-state index in [2.05, 4.69) is 30.9 Å². The normalized spacial score (nSPS) is 11.9. The number of carbonyl (C=O) groups is 1. The fourth-order valence-corrected chi connectivity index (χ4v) is 3.12. The summed E-state index contributed by atoms with van der Waals surface area (Å²) in [5.74, 6) is 1.11. The van der Waals surface area contributed by atoms with Crippen molar-refractivity contribution >= 4 is 23.6 Å². The van der Waals surface area contributed by atoms with Gasteiger partial charge < -0.3 is 15.6 Å². The molecule has 1 atom stereocenters. The minimum Gasteiger partial charge on any atom is -0.354 e. The molecule has 10 heteroatoms. The Morgan fingerprint density at radius 2 is 2.18 bits per heavy atom. The van der Waals surface area contributed by atoms with Gasteiger partial charge in [-0.05, 0) is 13.3 Å². The van der Waals surface area contributed by atoms with E-state index >= 15 is 0 Å². The highest BCUT2D eigenvalue weighted by atomic mass is 32.2. The van der Waals surface area contributed by atoms with E-state index in [1.165, 1.54) is 0 Å². The quantitative estimate of drug-likeness (QED) is 0.136. The number of imidazole rings is 1. The van der Waals surface area contributed by atoms with Gasteiger partial charge in [0.1, 0.15) is 5.92 Å². The summed E-state index contributed by atoms with van der Waals surface area (Å²) in [5, 5.41) is 26.1. The van der Waals surface area contributed by atoms with Gasteiger partial charge in [-0.3, -0.25) is 15.1 Å². The number of carbonyl (C=O) groups excluding carboxylic acids is 1. The van der Waals surface area contributed by atoms with Gasteiger partial charge in [-0.1, -0.05) is 19.8 Å². The zero-order chi connectivity index (χ0) is 20.6. The topological polar surface area (TPSA) is 142 Å². The lowest BCUT2D eigenvalue weighted by molar-refractivity contribution is -0.123. The lowest BCUT2D eigenvalue weighted by Gasteiger charge is -2.11. The number of nitriles is 2. The van der Waals surface area contributed by atoms with Gasteiger partial charge in [-0.2, -0.15) is 22.3 Å². The molecule has 0 spiro atoms. The Morgan fingerprint density at radius 3 is 2.82 bits per heavy atom. The molecule has 1 aromatic rings. The number of H-pyrrole nitrogens is 1. The van der Waals surface area contributed by atoms with Crippen LogP contribution in [0.5, 0.6) is 0 Å². The molecule has 152 valence electrons. The fraction of sp³-hybridized carbons (Fsp3) is 0.611. The summed E-state index contributed by atoms with van der Waals surface area (Å²) < 4.78 is 0. The number of aryl methyl sites for hydroxylation is 1. The van der Waals surface area contributed by atoms with Crippen LogP contribution >= 0.6 is 11.8 Å². The van der Waals surface area contributed by atoms with Crippen molar-refractivity contribution in [1.29, 1.82) is 10.5 Å². The molecule has 1 amide bonds. The van der Waals surface area contributed by atoms with Crippen molar-refractivity contribution in [3.8, 4) is 12.3 Å². The van der Waals surface area contributed by atoms with Crippen molar-refractivity contribution in [2.75, 3.05) is 25.4 Å². The van der Waals surface area contributed by atoms with Gasteiger partial charge in [0.2, 0.25) is 11.9 Å². The number of hydrogen-bond donors (Lipinski definition) is 4. The van der Waals surface area contributed by atoms with Crippen molar-refractivity contribution in [2.24, 2.45) is 10.9 Å². The van der Waals surface area contributed by atoms with Gasteiger partial charge in [-0.15, -0.1) is 0 Å². The average Bonchev–Trinajstić information content (AvgIpc) is 3.10. The predicted molar refractivity (Wildman–Crippen MR) is 110 cm³/mol. The molecule has 1 heterocycles. The SMILES string of the molecule is CCCCC(C#N)C(=O)NCCNC(=NCCSCc1nc[nH]c1C)NC#N. The summed E-state index contributed by atoms with van der Waals surface area (Å²) in [6.07, 6.45) is 5.90. The number of rotatable bonds is 12. The second-order valence-electron chi connectivity index (χ2n) is 6.04. The van der Waals surface area contributed by atoms with Crippen LogP contribution in [-0.2, 0) is 10.5 Å². The van der Waals surface area contributed by atoms with Crippen molar-refractivity contribution in [3.63, 3.8) is 0 Å². The van der Waals surface area contributed by atoms with Crippen LogP contribution in [0.4, 0.5) is 0 Å². The van der Waals surface area contributed by atoms with Crippen LogP contribution in [0.3, 0.4) is 0 Å². The maximum atomic E-state index is 11.9. The number of unbranched alkanes of at least 4 members (excludes halogenated alkanes) is 1. The predicted octanol–water partition coefficient (Wildman–Crippen LogP) is 1.41. The van der Waals surface area contributed by atoms with Crippen LogP contribution in [0.1, 0.15) is 37.6 Å². The molecule has 1 unspecified atom stereocenters. The summed E-state index contributed by atoms with van der Waals surface area (Å²) in [6, 6.07) is 2.04. The molecular formula is C18H28N8OS. The minimum absolute atomic E-state index is 0.255. The first-order chi connectivity index (χ1) is 13.6. The monoisotopic (exact) mass is 404 g/mol. The molecule has 1 rings (SSSR count). The number of aromatic nitrogens is 2. The number of amides is 1. The number of hydrogen-bond acceptors (Lipinski definition) is 6. The molecule has 4 N–H and O–H groups in total. The highest BCUT2D eigenvalue weighted by Gasteiger charge is 2.16. The number of nitrogens with one attached hydrogen (secondary N) is 4. The Balaban J connectivity index is 2.27. The van der Waals surface area contributed by atoms with E-state index in [1.54, 1.807) is 18.1 Å². The summed E-state index contributed by atoms with van der Waals surface area (Å²) in [6.45, 7) is 5.32. The lowest BCUT2D eigenvalue weighted by atomic mass is 10.0. The van der Waals surface area contributed by atoms with Crippen molar-refractivity contribution in [1.82, 2.24) is 25.9 Å². The van der Waals surface area contributed by atoms with E-state index in [0.717, 1.165) is 35.7 Å². The first-order valence-corrected chi connectivity index (χ1v) is 10.4. The van der Waals surface area contributed by atoms with Gasteiger partial charge >= 0.3 is 0 Å². The zero-order valence-corrected chi connectivity index (χ0v) is 17.2. The van der Waals surface area contributed by atoms with Gasteiger partial charge in [0.05, 0.1) is 24.6 Å². The number of guanidine groups is 1. The lowest BCUT2D eigenvalue weighted by Crippen LogP contribution is -2.41. The Labute approximate surface area is 170 Å². The van der Waals surface area contributed by atoms with E-state index in [4.69, 9.17) is 10.5 Å². The van der Waals surface area contributed by atoms with E-state index in [-0.39, 0.29) is 5.91 Å². The molecule has 9 nitrogen and oxygen atoms in total. The van der Waals surface area contributed by atoms with E-state index in [1.807, 2.05) is 26.1 Å². The average molecular weight is 405 g/mol. The second kappa shape index (κ2) is 14.4. The Kier molecular flexibility index (Phi) is 12.0.